The van der Waals surface area contributed by atoms with Gasteiger partial charge in [0, 0.05) is 37.6 Å². The Hall–Kier alpha value is -2.44. The summed E-state index contributed by atoms with van der Waals surface area (Å²) >= 11 is 1.75. The number of hydrogen-bond donors (Lipinski definition) is 0. The molecule has 3 aromatic rings. The summed E-state index contributed by atoms with van der Waals surface area (Å²) in [7, 11) is 0. The fourth-order valence-corrected chi connectivity index (χ4v) is 3.89. The lowest BCUT2D eigenvalue weighted by molar-refractivity contribution is 0.0600. The summed E-state index contributed by atoms with van der Waals surface area (Å²) in [6.45, 7) is 3.94. The van der Waals surface area contributed by atoms with E-state index in [-0.39, 0.29) is 17.5 Å². The van der Waals surface area contributed by atoms with Crippen LogP contribution in [0.4, 0.5) is 4.39 Å². The molecule has 6 heteroatoms. The largest absolute Gasteiger partial charge is 0.451 e. The van der Waals surface area contributed by atoms with E-state index < -0.39 is 0 Å². The summed E-state index contributed by atoms with van der Waals surface area (Å²) in [5.74, 6) is 0.143. The van der Waals surface area contributed by atoms with E-state index in [0.717, 1.165) is 19.6 Å². The van der Waals surface area contributed by atoms with E-state index in [1.54, 1.807) is 46.6 Å². The molecule has 0 aliphatic carbocycles. The Bertz CT molecular complexity index is 883. The molecule has 3 heterocycles. The van der Waals surface area contributed by atoms with Crippen molar-refractivity contribution >= 4 is 17.2 Å². The summed E-state index contributed by atoms with van der Waals surface area (Å²) in [6, 6.07) is 13.9. The van der Waals surface area contributed by atoms with Crippen LogP contribution in [0.5, 0.6) is 0 Å². The number of carbonyl (C=O) groups is 1. The normalized spacial score (nSPS) is 15.3. The standard InChI is InChI=1S/C20H19FN2O2S/c21-17-6-2-1-5-16(17)18-7-8-19(25-18)20(24)23-11-9-22(10-12-23)14-15-4-3-13-26-15/h1-8,13H,9-12,14H2. The van der Waals surface area contributed by atoms with Crippen molar-refractivity contribution in [3.8, 4) is 11.3 Å². The van der Waals surface area contributed by atoms with Gasteiger partial charge in [0.15, 0.2) is 5.76 Å². The molecule has 0 N–H and O–H groups in total. The number of nitrogens with zero attached hydrogens (tertiary/aromatic N) is 2. The molecule has 1 fully saturated rings. The van der Waals surface area contributed by atoms with Crippen LogP contribution in [0.2, 0.25) is 0 Å². The third kappa shape index (κ3) is 3.57. The van der Waals surface area contributed by atoms with Crippen LogP contribution >= 0.6 is 11.3 Å². The Balaban J connectivity index is 1.39. The quantitative estimate of drug-likeness (QED) is 0.694. The predicted octanol–water partition coefficient (Wildman–Crippen LogP) is 4.11. The maximum Gasteiger partial charge on any atom is 0.289 e. The van der Waals surface area contributed by atoms with Gasteiger partial charge in [0.05, 0.1) is 5.56 Å². The van der Waals surface area contributed by atoms with Crippen LogP contribution in [0.3, 0.4) is 0 Å². The van der Waals surface area contributed by atoms with Crippen LogP contribution < -0.4 is 0 Å². The second-order valence-corrected chi connectivity index (χ2v) is 7.32. The Morgan fingerprint density at radius 2 is 1.85 bits per heavy atom. The van der Waals surface area contributed by atoms with Crippen LogP contribution in [0.1, 0.15) is 15.4 Å². The molecule has 4 rings (SSSR count). The zero-order chi connectivity index (χ0) is 17.9. The summed E-state index contributed by atoms with van der Waals surface area (Å²) in [4.78, 5) is 18.2. The molecule has 0 spiro atoms. The molecule has 2 aromatic heterocycles. The smallest absolute Gasteiger partial charge is 0.289 e. The van der Waals surface area contributed by atoms with Crippen molar-refractivity contribution in [1.82, 2.24) is 9.80 Å². The number of halogens is 1. The molecule has 26 heavy (non-hydrogen) atoms. The van der Waals surface area contributed by atoms with Crippen molar-refractivity contribution in [2.45, 2.75) is 6.54 Å². The fraction of sp³-hybridized carbons (Fsp3) is 0.250. The monoisotopic (exact) mass is 370 g/mol. The number of rotatable bonds is 4. The Labute approximate surface area is 155 Å². The zero-order valence-electron chi connectivity index (χ0n) is 14.2. The number of hydrogen-bond acceptors (Lipinski definition) is 4. The van der Waals surface area contributed by atoms with E-state index in [9.17, 15) is 9.18 Å². The Morgan fingerprint density at radius 1 is 1.04 bits per heavy atom. The highest BCUT2D eigenvalue weighted by atomic mass is 32.1. The molecule has 0 saturated carbocycles. The summed E-state index contributed by atoms with van der Waals surface area (Å²) in [6.07, 6.45) is 0. The molecule has 1 saturated heterocycles. The molecule has 0 unspecified atom stereocenters. The maximum absolute atomic E-state index is 13.9. The van der Waals surface area contributed by atoms with E-state index in [4.69, 9.17) is 4.42 Å². The lowest BCUT2D eigenvalue weighted by Gasteiger charge is -2.34. The van der Waals surface area contributed by atoms with Crippen LogP contribution in [0.25, 0.3) is 11.3 Å². The minimum absolute atomic E-state index is 0.136. The van der Waals surface area contributed by atoms with Gasteiger partial charge in [0.1, 0.15) is 11.6 Å². The van der Waals surface area contributed by atoms with Crippen molar-refractivity contribution in [3.05, 3.63) is 70.4 Å². The van der Waals surface area contributed by atoms with Gasteiger partial charge in [-0.3, -0.25) is 9.69 Å². The van der Waals surface area contributed by atoms with E-state index >= 15 is 0 Å². The number of furan rings is 1. The molecule has 134 valence electrons. The average molecular weight is 370 g/mol. The van der Waals surface area contributed by atoms with Crippen molar-refractivity contribution in [3.63, 3.8) is 0 Å². The van der Waals surface area contributed by atoms with E-state index in [1.807, 2.05) is 0 Å². The minimum atomic E-state index is -0.358. The van der Waals surface area contributed by atoms with Gasteiger partial charge in [-0.05, 0) is 35.7 Å². The maximum atomic E-state index is 13.9. The lowest BCUT2D eigenvalue weighted by atomic mass is 10.1. The summed E-state index contributed by atoms with van der Waals surface area (Å²) in [5.41, 5.74) is 0.368. The highest BCUT2D eigenvalue weighted by molar-refractivity contribution is 7.09. The number of amides is 1. The van der Waals surface area contributed by atoms with Crippen LogP contribution in [-0.2, 0) is 6.54 Å². The van der Waals surface area contributed by atoms with E-state index in [0.29, 0.717) is 24.4 Å². The molecule has 1 aromatic carbocycles. The molecule has 1 aliphatic rings. The van der Waals surface area contributed by atoms with E-state index in [2.05, 4.69) is 22.4 Å². The number of piperazine rings is 1. The van der Waals surface area contributed by atoms with E-state index in [1.165, 1.54) is 10.9 Å². The fourth-order valence-electron chi connectivity index (χ4n) is 3.15. The first-order valence-electron chi connectivity index (χ1n) is 8.59. The Kier molecular flexibility index (Phi) is 4.86. The van der Waals surface area contributed by atoms with Crippen molar-refractivity contribution in [2.75, 3.05) is 26.2 Å². The van der Waals surface area contributed by atoms with Gasteiger partial charge < -0.3 is 9.32 Å². The van der Waals surface area contributed by atoms with Gasteiger partial charge in [-0.2, -0.15) is 0 Å². The molecule has 4 nitrogen and oxygen atoms in total. The van der Waals surface area contributed by atoms with Gasteiger partial charge in [0.2, 0.25) is 0 Å². The topological polar surface area (TPSA) is 36.7 Å². The van der Waals surface area contributed by atoms with Gasteiger partial charge >= 0.3 is 0 Å². The SMILES string of the molecule is O=C(c1ccc(-c2ccccc2F)o1)N1CCN(Cc2cccs2)CC1. The van der Waals surface area contributed by atoms with Crippen LogP contribution in [0, 0.1) is 5.82 Å². The van der Waals surface area contributed by atoms with Crippen molar-refractivity contribution in [1.29, 1.82) is 0 Å². The summed E-state index contributed by atoms with van der Waals surface area (Å²) in [5, 5.41) is 2.08. The zero-order valence-corrected chi connectivity index (χ0v) is 15.0. The van der Waals surface area contributed by atoms with Gasteiger partial charge in [-0.15, -0.1) is 11.3 Å². The molecule has 0 bridgehead atoms. The second-order valence-electron chi connectivity index (χ2n) is 6.29. The first kappa shape index (κ1) is 17.0. The molecule has 0 atom stereocenters. The van der Waals surface area contributed by atoms with Gasteiger partial charge in [-0.1, -0.05) is 18.2 Å². The number of carbonyl (C=O) groups excluding carboxylic acids is 1. The molecule has 0 radical (unpaired) electrons. The highest BCUT2D eigenvalue weighted by Gasteiger charge is 2.24. The molecular formula is C20H19FN2O2S. The average Bonchev–Trinajstić information content (AvgIpc) is 3.34. The second kappa shape index (κ2) is 7.43. The highest BCUT2D eigenvalue weighted by Crippen LogP contribution is 2.25. The first-order valence-corrected chi connectivity index (χ1v) is 9.47. The lowest BCUT2D eigenvalue weighted by Crippen LogP contribution is -2.48. The van der Waals surface area contributed by atoms with Crippen molar-refractivity contribution in [2.24, 2.45) is 0 Å². The number of benzene rings is 1. The van der Waals surface area contributed by atoms with Gasteiger partial charge in [0.25, 0.3) is 5.91 Å². The van der Waals surface area contributed by atoms with Gasteiger partial charge in [-0.25, -0.2) is 4.39 Å². The molecule has 1 aliphatic heterocycles. The van der Waals surface area contributed by atoms with Crippen LogP contribution in [0.15, 0.2) is 58.3 Å². The Morgan fingerprint density at radius 3 is 2.58 bits per heavy atom. The number of thiophene rings is 1. The first-order chi connectivity index (χ1) is 12.7. The summed E-state index contributed by atoms with van der Waals surface area (Å²) < 4.78 is 19.5. The third-order valence-electron chi connectivity index (χ3n) is 4.58. The predicted molar refractivity (Wildman–Crippen MR) is 99.6 cm³/mol. The molecular weight excluding hydrogens is 351 g/mol. The third-order valence-corrected chi connectivity index (χ3v) is 5.44. The van der Waals surface area contributed by atoms with Crippen molar-refractivity contribution < 1.29 is 13.6 Å². The minimum Gasteiger partial charge on any atom is -0.451 e. The van der Waals surface area contributed by atoms with Crippen LogP contribution in [-0.4, -0.2) is 41.9 Å². The molecule has 1 amide bonds.